The van der Waals surface area contributed by atoms with Crippen molar-refractivity contribution in [2.75, 3.05) is 0 Å². The van der Waals surface area contributed by atoms with Crippen molar-refractivity contribution in [3.63, 3.8) is 0 Å². The lowest BCUT2D eigenvalue weighted by molar-refractivity contribution is 1.73. The van der Waals surface area contributed by atoms with Crippen LogP contribution in [-0.2, 0) is 0 Å². The maximum atomic E-state index is 7.08. The fourth-order valence-corrected chi connectivity index (χ4v) is 8.01. The van der Waals surface area contributed by atoms with Gasteiger partial charge in [0.15, 0.2) is 0 Å². The minimum absolute atomic E-state index is 0.186. The van der Waals surface area contributed by atoms with E-state index in [0.29, 0.717) is 32.7 Å². The molecule has 0 bridgehead atoms. The summed E-state index contributed by atoms with van der Waals surface area (Å²) in [7, 11) is 54.9. The summed E-state index contributed by atoms with van der Waals surface area (Å²) < 4.78 is 0. The van der Waals surface area contributed by atoms with Crippen LogP contribution in [0.2, 0.25) is 0 Å². The summed E-state index contributed by atoms with van der Waals surface area (Å²) in [6.45, 7) is 0. The summed E-state index contributed by atoms with van der Waals surface area (Å²) in [6.07, 6.45) is 0. The second kappa shape index (κ2) is 11.3. The summed E-state index contributed by atoms with van der Waals surface area (Å²) in [5.74, 6) is 0. The van der Waals surface area contributed by atoms with Gasteiger partial charge in [-0.2, -0.15) is 0 Å². The molecule has 0 amide bonds. The molecule has 0 nitrogen and oxygen atoms in total. The van der Waals surface area contributed by atoms with Crippen LogP contribution in [0.25, 0.3) is 86.9 Å². The average molecular weight is 609 g/mol. The Morgan fingerprint density at radius 2 is 0.660 bits per heavy atom. The molecule has 0 aromatic heterocycles. The molecule has 0 atom stereocenters. The highest BCUT2D eigenvalue weighted by Gasteiger charge is 2.26. The highest BCUT2D eigenvalue weighted by Crippen LogP contribution is 2.46. The Morgan fingerprint density at radius 1 is 0.260 bits per heavy atom. The second-order valence-electron chi connectivity index (χ2n) is 12.9. The SMILES string of the molecule is [B]c1c([B])c([B])c2c(-c3cc4ccc5ccccc5c4c4ccccc34)c3c([B])c([B])c([B])c([B])c3c(-c3cccc4ccccc34)c2c1[B]. The molecule has 8 heteroatoms. The van der Waals surface area contributed by atoms with Gasteiger partial charge >= 0.3 is 0 Å². The van der Waals surface area contributed by atoms with E-state index in [0.717, 1.165) is 54.2 Å². The topological polar surface area (TPSA) is 0 Å². The molecule has 9 aromatic rings. The zero-order valence-electron chi connectivity index (χ0n) is 27.0. The number of fused-ring (bicyclic) bond motifs is 8. The first kappa shape index (κ1) is 31.1. The van der Waals surface area contributed by atoms with Gasteiger partial charge in [0.05, 0.1) is 0 Å². The normalized spacial score (nSPS) is 11.8. The molecule has 0 aliphatic rings. The summed E-state index contributed by atoms with van der Waals surface area (Å²) in [5, 5.41) is 10.9. The Balaban J connectivity index is 1.62. The van der Waals surface area contributed by atoms with Crippen molar-refractivity contribution in [2.45, 2.75) is 0 Å². The molecular weight excluding hydrogens is 591 g/mol. The summed E-state index contributed by atoms with van der Waals surface area (Å²) in [6, 6.07) is 37.3. The molecule has 0 saturated heterocycles. The molecule has 0 N–H and O–H groups in total. The van der Waals surface area contributed by atoms with Gasteiger partial charge in [-0.1, -0.05) is 125 Å². The van der Waals surface area contributed by atoms with Crippen LogP contribution in [0, 0.1) is 0 Å². The van der Waals surface area contributed by atoms with Gasteiger partial charge < -0.3 is 0 Å². The minimum Gasteiger partial charge on any atom is -0.110 e. The smallest absolute Gasteiger partial charge is 0.110 e. The summed E-state index contributed by atoms with van der Waals surface area (Å²) in [5.41, 5.74) is 4.95. The first-order valence-corrected chi connectivity index (χ1v) is 16.3. The molecule has 0 spiro atoms. The maximum Gasteiger partial charge on any atom is 0.113 e. The Bertz CT molecular complexity index is 2880. The van der Waals surface area contributed by atoms with Gasteiger partial charge in [-0.05, 0) is 93.0 Å². The Hall–Kier alpha value is -4.94. The lowest BCUT2D eigenvalue weighted by Gasteiger charge is -2.29. The zero-order chi connectivity index (χ0) is 34.6. The van der Waals surface area contributed by atoms with E-state index in [1.165, 1.54) is 0 Å². The Kier molecular flexibility index (Phi) is 7.02. The van der Waals surface area contributed by atoms with E-state index in [9.17, 15) is 0 Å². The zero-order valence-corrected chi connectivity index (χ0v) is 27.0. The van der Waals surface area contributed by atoms with Crippen molar-refractivity contribution in [3.05, 3.63) is 109 Å². The van der Waals surface area contributed by atoms with E-state index in [2.05, 4.69) is 66.7 Å². The molecule has 0 heterocycles. The quantitative estimate of drug-likeness (QED) is 0.161. The highest BCUT2D eigenvalue weighted by molar-refractivity contribution is 6.71. The van der Waals surface area contributed by atoms with Gasteiger partial charge in [0, 0.05) is 0 Å². The van der Waals surface area contributed by atoms with Crippen LogP contribution >= 0.6 is 0 Å². The molecule has 9 aromatic carbocycles. The molecule has 0 aliphatic heterocycles. The molecule has 210 valence electrons. The first-order valence-electron chi connectivity index (χ1n) is 16.3. The Morgan fingerprint density at radius 3 is 1.22 bits per heavy atom. The number of benzene rings is 9. The van der Waals surface area contributed by atoms with Crippen LogP contribution in [0.15, 0.2) is 109 Å². The third-order valence-electron chi connectivity index (χ3n) is 10.4. The lowest BCUT2D eigenvalue weighted by atomic mass is 9.59. The largest absolute Gasteiger partial charge is 0.113 e. The Labute approximate surface area is 301 Å². The second-order valence-corrected chi connectivity index (χ2v) is 12.9. The van der Waals surface area contributed by atoms with Crippen LogP contribution in [0.3, 0.4) is 0 Å². The van der Waals surface area contributed by atoms with E-state index >= 15 is 0 Å². The summed E-state index contributed by atoms with van der Waals surface area (Å²) >= 11 is 0. The van der Waals surface area contributed by atoms with E-state index in [4.69, 9.17) is 62.8 Å². The van der Waals surface area contributed by atoms with E-state index in [1.807, 2.05) is 42.5 Å². The molecule has 0 aliphatic carbocycles. The maximum absolute atomic E-state index is 7.08. The molecule has 16 radical (unpaired) electrons. The minimum atomic E-state index is 0.186. The van der Waals surface area contributed by atoms with Crippen molar-refractivity contribution in [1.82, 2.24) is 0 Å². The molecule has 0 unspecified atom stereocenters. The van der Waals surface area contributed by atoms with Gasteiger partial charge in [0.1, 0.15) is 62.8 Å². The predicted octanol–water partition coefficient (Wildman–Crippen LogP) is 2.29. The fraction of sp³-hybridized carbons (Fsp3) is 0. The lowest BCUT2D eigenvalue weighted by Crippen LogP contribution is -2.50. The van der Waals surface area contributed by atoms with Gasteiger partial charge in [0.2, 0.25) is 0 Å². The number of hydrogen-bond acceptors (Lipinski definition) is 0. The average Bonchev–Trinajstić information content (AvgIpc) is 3.15. The van der Waals surface area contributed by atoms with Crippen molar-refractivity contribution in [1.29, 1.82) is 0 Å². The van der Waals surface area contributed by atoms with Crippen LogP contribution in [0.5, 0.6) is 0 Å². The van der Waals surface area contributed by atoms with E-state index in [1.54, 1.807) is 0 Å². The molecule has 0 fully saturated rings. The highest BCUT2D eigenvalue weighted by atomic mass is 14.3. The number of rotatable bonds is 2. The monoisotopic (exact) mass is 610 g/mol. The van der Waals surface area contributed by atoms with Crippen LogP contribution in [0.4, 0.5) is 0 Å². The first-order chi connectivity index (χ1) is 24.2. The third kappa shape index (κ3) is 4.18. The standard InChI is InChI=1S/C42H18B8/c43-35-31-29(25-15-7-10-19-8-1-3-11-22(19)25)32-34(38(46)42(50)40(48)36(32)44)30(33(31)37(45)41(49)39(35)47)27-18-21-17-16-20-9-2-4-12-23(20)28(21)26-14-6-5-13-24(26)27/h1-18H. The van der Waals surface area contributed by atoms with Crippen LogP contribution in [0.1, 0.15) is 0 Å². The summed E-state index contributed by atoms with van der Waals surface area (Å²) in [4.78, 5) is 0. The predicted molar refractivity (Wildman–Crippen MR) is 225 cm³/mol. The molecule has 0 saturated carbocycles. The van der Waals surface area contributed by atoms with Crippen LogP contribution < -0.4 is 43.7 Å². The molecular formula is C42H18B8. The van der Waals surface area contributed by atoms with Gasteiger partial charge in [-0.3, -0.25) is 0 Å². The third-order valence-corrected chi connectivity index (χ3v) is 10.4. The van der Waals surface area contributed by atoms with Gasteiger partial charge in [-0.15, -0.1) is 21.9 Å². The van der Waals surface area contributed by atoms with Crippen molar-refractivity contribution in [2.24, 2.45) is 0 Å². The number of hydrogen-bond donors (Lipinski definition) is 0. The molecule has 9 rings (SSSR count). The molecule has 50 heavy (non-hydrogen) atoms. The van der Waals surface area contributed by atoms with Gasteiger partial charge in [-0.25, -0.2) is 0 Å². The van der Waals surface area contributed by atoms with E-state index < -0.39 is 0 Å². The van der Waals surface area contributed by atoms with Crippen molar-refractivity contribution >= 4 is 171 Å². The van der Waals surface area contributed by atoms with Gasteiger partial charge in [0.25, 0.3) is 0 Å². The fourth-order valence-electron chi connectivity index (χ4n) is 8.01. The van der Waals surface area contributed by atoms with Crippen LogP contribution in [-0.4, -0.2) is 62.8 Å². The van der Waals surface area contributed by atoms with Crippen molar-refractivity contribution < 1.29 is 0 Å². The van der Waals surface area contributed by atoms with E-state index in [-0.39, 0.29) is 43.7 Å². The van der Waals surface area contributed by atoms with Crippen molar-refractivity contribution in [3.8, 4) is 22.3 Å².